The summed E-state index contributed by atoms with van der Waals surface area (Å²) in [6.45, 7) is 0. The van der Waals surface area contributed by atoms with Crippen molar-refractivity contribution in [2.75, 3.05) is 14.2 Å². The first kappa shape index (κ1) is 13.5. The molecule has 0 aromatic rings. The second-order valence-electron chi connectivity index (χ2n) is 2.44. The van der Waals surface area contributed by atoms with E-state index in [4.69, 9.17) is 0 Å². The van der Waals surface area contributed by atoms with E-state index in [9.17, 15) is 22.8 Å². The third-order valence-electron chi connectivity index (χ3n) is 1.42. The number of rotatable bonds is 3. The summed E-state index contributed by atoms with van der Waals surface area (Å²) in [5.41, 5.74) is -1.30. The summed E-state index contributed by atoms with van der Waals surface area (Å²) in [4.78, 5) is 21.2. The summed E-state index contributed by atoms with van der Waals surface area (Å²) in [6, 6.07) is 0. The Morgan fingerprint density at radius 3 is 2.07 bits per heavy atom. The number of halogens is 3. The molecule has 0 heterocycles. The molecule has 0 unspecified atom stereocenters. The lowest BCUT2D eigenvalue weighted by atomic mass is 10.1. The Labute approximate surface area is 83.7 Å². The van der Waals surface area contributed by atoms with Crippen LogP contribution in [0.4, 0.5) is 13.2 Å². The van der Waals surface area contributed by atoms with Crippen LogP contribution in [0.1, 0.15) is 6.42 Å². The highest BCUT2D eigenvalue weighted by Gasteiger charge is 2.35. The molecule has 0 aromatic carbocycles. The van der Waals surface area contributed by atoms with Gasteiger partial charge in [0.1, 0.15) is 0 Å². The highest BCUT2D eigenvalue weighted by molar-refractivity contribution is 5.84. The minimum absolute atomic E-state index is 0.219. The topological polar surface area (TPSA) is 52.6 Å². The zero-order chi connectivity index (χ0) is 12.1. The van der Waals surface area contributed by atoms with Gasteiger partial charge in [-0.05, 0) is 0 Å². The molecule has 86 valence electrons. The Morgan fingerprint density at radius 1 is 1.20 bits per heavy atom. The number of carbonyl (C=O) groups is 2. The van der Waals surface area contributed by atoms with E-state index in [-0.39, 0.29) is 6.08 Å². The number of esters is 2. The molecule has 15 heavy (non-hydrogen) atoms. The van der Waals surface area contributed by atoms with Gasteiger partial charge in [-0.2, -0.15) is 13.2 Å². The zero-order valence-corrected chi connectivity index (χ0v) is 8.05. The van der Waals surface area contributed by atoms with Gasteiger partial charge in [-0.15, -0.1) is 0 Å². The van der Waals surface area contributed by atoms with Crippen LogP contribution in [-0.2, 0) is 19.1 Å². The molecule has 0 saturated carbocycles. The van der Waals surface area contributed by atoms with Crippen LogP contribution in [0.25, 0.3) is 0 Å². The first-order valence-electron chi connectivity index (χ1n) is 3.73. The predicted molar refractivity (Wildman–Crippen MR) is 42.8 cm³/mol. The van der Waals surface area contributed by atoms with E-state index in [1.807, 2.05) is 0 Å². The lowest BCUT2D eigenvalue weighted by molar-refractivity contribution is -0.143. The van der Waals surface area contributed by atoms with Crippen LogP contribution < -0.4 is 0 Å². The number of ether oxygens (including phenoxy) is 2. The van der Waals surface area contributed by atoms with Crippen LogP contribution in [-0.4, -0.2) is 32.3 Å². The van der Waals surface area contributed by atoms with Gasteiger partial charge in [-0.25, -0.2) is 4.79 Å². The van der Waals surface area contributed by atoms with Crippen molar-refractivity contribution in [2.24, 2.45) is 0 Å². The summed E-state index contributed by atoms with van der Waals surface area (Å²) in [6.07, 6.45) is -5.56. The Kier molecular flexibility index (Phi) is 4.83. The van der Waals surface area contributed by atoms with E-state index >= 15 is 0 Å². The maximum absolute atomic E-state index is 12.2. The molecule has 0 aliphatic rings. The minimum Gasteiger partial charge on any atom is -0.469 e. The molecule has 0 spiro atoms. The van der Waals surface area contributed by atoms with Gasteiger partial charge in [0.05, 0.1) is 26.2 Å². The number of alkyl halides is 3. The number of hydrogen-bond acceptors (Lipinski definition) is 4. The van der Waals surface area contributed by atoms with Gasteiger partial charge in [0.2, 0.25) is 0 Å². The molecule has 0 rings (SSSR count). The fourth-order valence-corrected chi connectivity index (χ4v) is 0.662. The van der Waals surface area contributed by atoms with E-state index in [0.29, 0.717) is 0 Å². The van der Waals surface area contributed by atoms with Crippen molar-refractivity contribution < 1.29 is 32.2 Å². The number of carbonyl (C=O) groups excluding carboxylic acids is 2. The van der Waals surface area contributed by atoms with Crippen LogP contribution in [0, 0.1) is 0 Å². The average Bonchev–Trinajstić information content (AvgIpc) is 2.14. The molecule has 0 saturated heterocycles. The maximum Gasteiger partial charge on any atom is 0.413 e. The average molecular weight is 226 g/mol. The fraction of sp³-hybridized carbons (Fsp3) is 0.500. The molecule has 0 aliphatic carbocycles. The second-order valence-corrected chi connectivity index (χ2v) is 2.44. The van der Waals surface area contributed by atoms with Gasteiger partial charge < -0.3 is 9.47 Å². The Hall–Kier alpha value is -1.53. The Morgan fingerprint density at radius 2 is 1.73 bits per heavy atom. The molecular formula is C8H9F3O4. The predicted octanol–water partition coefficient (Wildman–Crippen LogP) is 1.21. The van der Waals surface area contributed by atoms with Gasteiger partial charge in [0.15, 0.2) is 0 Å². The Bertz CT molecular complexity index is 280. The summed E-state index contributed by atoms with van der Waals surface area (Å²) in [5.74, 6) is -2.26. The van der Waals surface area contributed by atoms with Crippen LogP contribution >= 0.6 is 0 Å². The molecule has 0 aromatic heterocycles. The highest BCUT2D eigenvalue weighted by Crippen LogP contribution is 2.28. The Balaban J connectivity index is 4.83. The normalized spacial score (nSPS) is 12.2. The van der Waals surface area contributed by atoms with Crippen molar-refractivity contribution in [2.45, 2.75) is 12.6 Å². The molecule has 0 bridgehead atoms. The first-order valence-corrected chi connectivity index (χ1v) is 3.73. The smallest absolute Gasteiger partial charge is 0.413 e. The summed E-state index contributed by atoms with van der Waals surface area (Å²) < 4.78 is 44.8. The largest absolute Gasteiger partial charge is 0.469 e. The SMILES string of the molecule is COC(=O)C=C(CC(=O)OC)C(F)(F)F. The lowest BCUT2D eigenvalue weighted by Crippen LogP contribution is -2.18. The summed E-state index contributed by atoms with van der Waals surface area (Å²) in [5, 5.41) is 0. The zero-order valence-electron chi connectivity index (χ0n) is 8.05. The molecule has 4 nitrogen and oxygen atoms in total. The van der Waals surface area contributed by atoms with Crippen LogP contribution in [0.2, 0.25) is 0 Å². The molecular weight excluding hydrogens is 217 g/mol. The minimum atomic E-state index is -4.76. The fourth-order valence-electron chi connectivity index (χ4n) is 0.662. The van der Waals surface area contributed by atoms with Crippen molar-refractivity contribution in [3.63, 3.8) is 0 Å². The molecule has 0 radical (unpaired) electrons. The van der Waals surface area contributed by atoms with Gasteiger partial charge >= 0.3 is 18.1 Å². The lowest BCUT2D eigenvalue weighted by Gasteiger charge is -2.09. The van der Waals surface area contributed by atoms with Crippen molar-refractivity contribution >= 4 is 11.9 Å². The van der Waals surface area contributed by atoms with Gasteiger partial charge in [-0.1, -0.05) is 0 Å². The molecule has 0 atom stereocenters. The molecule has 7 heteroatoms. The number of hydrogen-bond donors (Lipinski definition) is 0. The quantitative estimate of drug-likeness (QED) is 0.536. The standard InChI is InChI=1S/C8H9F3O4/c1-14-6(12)3-5(8(9,10)11)4-7(13)15-2/h3H,4H2,1-2H3. The number of methoxy groups -OCH3 is 2. The van der Waals surface area contributed by atoms with Crippen LogP contribution in [0.15, 0.2) is 11.6 Å². The molecule has 0 amide bonds. The van der Waals surface area contributed by atoms with Crippen LogP contribution in [0.5, 0.6) is 0 Å². The van der Waals surface area contributed by atoms with Crippen molar-refractivity contribution in [3.8, 4) is 0 Å². The van der Waals surface area contributed by atoms with Crippen LogP contribution in [0.3, 0.4) is 0 Å². The van der Waals surface area contributed by atoms with Crippen molar-refractivity contribution in [1.82, 2.24) is 0 Å². The molecule has 0 aliphatic heterocycles. The molecule has 0 fully saturated rings. The maximum atomic E-state index is 12.2. The highest BCUT2D eigenvalue weighted by atomic mass is 19.4. The van der Waals surface area contributed by atoms with E-state index in [2.05, 4.69) is 9.47 Å². The van der Waals surface area contributed by atoms with Gasteiger partial charge in [0, 0.05) is 6.08 Å². The summed E-state index contributed by atoms with van der Waals surface area (Å²) in [7, 11) is 1.89. The monoisotopic (exact) mass is 226 g/mol. The van der Waals surface area contributed by atoms with Gasteiger partial charge in [-0.3, -0.25) is 4.79 Å². The van der Waals surface area contributed by atoms with E-state index < -0.39 is 30.1 Å². The van der Waals surface area contributed by atoms with E-state index in [1.165, 1.54) is 0 Å². The van der Waals surface area contributed by atoms with E-state index in [0.717, 1.165) is 14.2 Å². The van der Waals surface area contributed by atoms with Crippen molar-refractivity contribution in [1.29, 1.82) is 0 Å². The summed E-state index contributed by atoms with van der Waals surface area (Å²) >= 11 is 0. The second kappa shape index (κ2) is 5.38. The third-order valence-corrected chi connectivity index (χ3v) is 1.42. The van der Waals surface area contributed by atoms with Crippen molar-refractivity contribution in [3.05, 3.63) is 11.6 Å². The van der Waals surface area contributed by atoms with Gasteiger partial charge in [0.25, 0.3) is 0 Å². The molecule has 0 N–H and O–H groups in total. The first-order chi connectivity index (χ1) is 6.81. The third kappa shape index (κ3) is 5.04. The van der Waals surface area contributed by atoms with E-state index in [1.54, 1.807) is 0 Å².